The van der Waals surface area contributed by atoms with Crippen LogP contribution in [0.5, 0.6) is 0 Å². The Hall–Kier alpha value is -8.28. The molecule has 4 fully saturated rings. The minimum absolute atomic E-state index is 0. The Morgan fingerprint density at radius 3 is 0.808 bits per heavy atom. The molecule has 652 valence electrons. The van der Waals surface area contributed by atoms with Gasteiger partial charge in [0.1, 0.15) is 45.4 Å². The molecule has 4 aromatic heterocycles. The summed E-state index contributed by atoms with van der Waals surface area (Å²) in [7, 11) is 0. The van der Waals surface area contributed by atoms with E-state index in [9.17, 15) is 3.89 Å². The van der Waals surface area contributed by atoms with Gasteiger partial charge in [-0.3, -0.25) is 0 Å². The average Bonchev–Trinajstić information content (AvgIpc) is 1.60. The van der Waals surface area contributed by atoms with E-state index < -0.39 is 0 Å². The molecule has 4 aliphatic carbocycles. The Morgan fingerprint density at radius 1 is 0.336 bits per heavy atom. The zero-order chi connectivity index (χ0) is 87.4. The number of fused-ring (bicyclic) bond motifs is 4. The molecule has 0 amide bonds. The normalized spacial score (nSPS) is 19.1. The van der Waals surface area contributed by atoms with Crippen LogP contribution in [0, 0.1) is 21.7 Å². The minimum Gasteiger partial charge on any atom is -0.382 e. The maximum atomic E-state index is 10.2. The highest BCUT2D eigenvalue weighted by molar-refractivity contribution is 7.93. The Kier molecular flexibility index (Phi) is 29.8. The summed E-state index contributed by atoms with van der Waals surface area (Å²) in [4.78, 5) is 42.3. The molecule has 125 heavy (non-hydrogen) atoms. The monoisotopic (exact) mass is 1890 g/mol. The van der Waals surface area contributed by atoms with Gasteiger partial charge in [-0.05, 0) is 181 Å². The molecule has 20 nitrogen and oxygen atoms in total. The number of piperidine rings is 4. The van der Waals surface area contributed by atoms with E-state index in [1.807, 2.05) is 36.4 Å². The molecule has 4 spiro atoms. The second-order valence-electron chi connectivity index (χ2n) is 32.9. The van der Waals surface area contributed by atoms with Gasteiger partial charge in [0.05, 0.1) is 65.0 Å². The third-order valence-corrected chi connectivity index (χ3v) is 29.6. The van der Waals surface area contributed by atoms with Gasteiger partial charge in [0.2, 0.25) is 0 Å². The van der Waals surface area contributed by atoms with E-state index >= 15 is 0 Å². The number of nitrogens with zero attached hydrogens (tertiary/aromatic N) is 11. The van der Waals surface area contributed by atoms with Crippen molar-refractivity contribution in [3.8, 4) is 45.0 Å². The van der Waals surface area contributed by atoms with Crippen LogP contribution in [-0.4, -0.2) is 98.5 Å². The molecule has 32 heteroatoms. The van der Waals surface area contributed by atoms with Crippen molar-refractivity contribution in [1.29, 1.82) is 0 Å². The van der Waals surface area contributed by atoms with Crippen LogP contribution in [0.1, 0.15) is 120 Å². The Balaban J connectivity index is 0.000000129. The number of nitrogens with two attached hydrogens (primary N) is 8. The van der Waals surface area contributed by atoms with E-state index in [0.29, 0.717) is 108 Å². The van der Waals surface area contributed by atoms with Crippen LogP contribution in [0.3, 0.4) is 0 Å². The number of nitrogens with one attached hydrogen (secondary N) is 1. The highest BCUT2D eigenvalue weighted by atomic mass is 35.5. The summed E-state index contributed by atoms with van der Waals surface area (Å²) in [6, 6.07) is 56.4. The van der Waals surface area contributed by atoms with Crippen LogP contribution in [0.25, 0.3) is 45.0 Å². The number of anilines is 7. The molecule has 0 saturated carbocycles. The molecule has 4 aliphatic heterocycles. The van der Waals surface area contributed by atoms with Gasteiger partial charge in [-0.25, -0.2) is 39.9 Å². The summed E-state index contributed by atoms with van der Waals surface area (Å²) in [5, 5.41) is 7.20. The Bertz CT molecular complexity index is 5440. The second kappa shape index (κ2) is 40.2. The molecule has 20 rings (SSSR count). The van der Waals surface area contributed by atoms with Gasteiger partial charge in [0, 0.05) is 104 Å². The molecule has 17 N–H and O–H groups in total. The zero-order valence-electron chi connectivity index (χ0n) is 68.7. The van der Waals surface area contributed by atoms with Crippen LogP contribution < -0.4 is 65.9 Å². The summed E-state index contributed by atoms with van der Waals surface area (Å²) >= 11 is 55.3. The van der Waals surface area contributed by atoms with Crippen molar-refractivity contribution < 1.29 is 3.89 Å². The maximum Gasteiger partial charge on any atom is 0.152 e. The molecule has 12 aromatic rings. The fourth-order valence-electron chi connectivity index (χ4n) is 19.3. The highest BCUT2D eigenvalue weighted by Crippen LogP contribution is 2.56. The molecule has 0 radical (unpaired) electrons. The van der Waals surface area contributed by atoms with Crippen molar-refractivity contribution in [3.05, 3.63) is 284 Å². The smallest absolute Gasteiger partial charge is 0.152 e. The number of hydrogen-bond acceptors (Lipinski definition) is 21. The average molecular weight is 1900 g/mol. The largest absolute Gasteiger partial charge is 0.382 e. The van der Waals surface area contributed by atoms with Gasteiger partial charge in [-0.2, -0.15) is 17.4 Å². The number of hydrogen-bond donors (Lipinski definition) is 9. The number of nitrogen functional groups attached to an aromatic ring is 4. The predicted molar refractivity (Wildman–Crippen MR) is 522 cm³/mol. The van der Waals surface area contributed by atoms with Crippen molar-refractivity contribution in [2.75, 3.05) is 96.2 Å². The van der Waals surface area contributed by atoms with E-state index in [-0.39, 0.29) is 77.0 Å². The third kappa shape index (κ3) is 19.4. The predicted octanol–water partition coefficient (Wildman–Crippen LogP) is 21.3. The molecule has 4 saturated heterocycles. The molecule has 8 aromatic carbocycles. The van der Waals surface area contributed by atoms with Crippen molar-refractivity contribution in [2.45, 2.75) is 101 Å². The number of rotatable bonds is 7. The molecule has 2 unspecified atom stereocenters. The summed E-state index contributed by atoms with van der Waals surface area (Å²) in [5.41, 5.74) is 67.5. The lowest BCUT2D eigenvalue weighted by Gasteiger charge is -2.42. The van der Waals surface area contributed by atoms with Crippen LogP contribution in [0.15, 0.2) is 195 Å². The van der Waals surface area contributed by atoms with Gasteiger partial charge < -0.3 is 65.9 Å². The van der Waals surface area contributed by atoms with Gasteiger partial charge in [-0.15, -0.1) is 0 Å². The number of aromatic nitrogens is 8. The lowest BCUT2D eigenvalue weighted by atomic mass is 9.73. The minimum atomic E-state index is 0. The first-order valence-electron chi connectivity index (χ1n) is 41.1. The molecule has 4 atom stereocenters. The Labute approximate surface area is 784 Å². The van der Waals surface area contributed by atoms with Gasteiger partial charge in [0.25, 0.3) is 0 Å². The molecule has 8 heterocycles. The van der Waals surface area contributed by atoms with Crippen molar-refractivity contribution in [3.63, 3.8) is 0 Å². The summed E-state index contributed by atoms with van der Waals surface area (Å²) in [5.74, 6) is 3.62. The van der Waals surface area contributed by atoms with Gasteiger partial charge >= 0.3 is 0 Å². The van der Waals surface area contributed by atoms with E-state index in [2.05, 4.69) is 157 Å². The van der Waals surface area contributed by atoms with Crippen LogP contribution in [-0.2, 0) is 25.7 Å². The molecule has 0 bridgehead atoms. The molecular formula is C93H98Cl9FN20S2. The maximum absolute atomic E-state index is 10.2. The summed E-state index contributed by atoms with van der Waals surface area (Å²) in [6.07, 6.45) is 21.0. The first-order valence-corrected chi connectivity index (χ1v) is 45.7. The second-order valence-corrected chi connectivity index (χ2v) is 36.8. The quantitative estimate of drug-likeness (QED) is 0.0716. The molecule has 8 aliphatic rings. The van der Waals surface area contributed by atoms with Crippen LogP contribution in [0.4, 0.5) is 44.6 Å². The van der Waals surface area contributed by atoms with Crippen LogP contribution in [0.2, 0.25) is 45.3 Å². The zero-order valence-corrected chi connectivity index (χ0v) is 77.3. The van der Waals surface area contributed by atoms with E-state index in [4.69, 9.17) is 150 Å². The first-order chi connectivity index (χ1) is 59.8. The van der Waals surface area contributed by atoms with E-state index in [1.165, 1.54) is 76.2 Å². The summed E-state index contributed by atoms with van der Waals surface area (Å²) < 4.78 is 10.2. The van der Waals surface area contributed by atoms with E-state index in [0.717, 1.165) is 128 Å². The Morgan fingerprint density at radius 2 is 0.568 bits per heavy atom. The molecular weight excluding hydrogens is 1800 g/mol. The first kappa shape index (κ1) is 92.9. The lowest BCUT2D eigenvalue weighted by Crippen LogP contribution is -2.44. The van der Waals surface area contributed by atoms with E-state index in [1.54, 1.807) is 55.0 Å². The standard InChI is InChI=1S/3C23H23Cl2N5.C13H18N2.C10H6Cl3N3.CH3FS.H2S/c3*24-17-7-3-6-16(19(17)25)20-22(27)29-18(13-28-20)30-10-8-23(9-11-30)12-14-4-1-2-5-15(14)21(23)26;14-12-11-4-2-1-3-10(11)9-13(12)5-7-15-8-6-13;11-6-3-1-2-5(8(6)13)9-10(14)16-7(12)4-15-9;1-3-2;/h3*1-7,13,21H,8-12,26H2,(H2,27,29);1-4,12,15H,5-9,14H2;1-4H,(H2,14,16);1H3;1H2/t2*21-;;;;;/m10...../s1. The number of benzene rings is 8. The van der Waals surface area contributed by atoms with Crippen molar-refractivity contribution in [1.82, 2.24) is 45.2 Å². The van der Waals surface area contributed by atoms with Gasteiger partial charge in [0.15, 0.2) is 23.3 Å². The lowest BCUT2D eigenvalue weighted by molar-refractivity contribution is 0.174. The SMILES string of the molecule is CSF.NC1c2ccccc2CC12CCNCC2.Nc1nc(Cl)cnc1-c1cccc(Cl)c1Cl.Nc1nc(N2CCC3(CC2)Cc2ccccc2C3N)cnc1-c1cccc(Cl)c1Cl.Nc1nc(N2CCC3(CC2)Cc2ccccc2[C@@H]3N)cnc1-c1cccc(Cl)c1Cl.Nc1nc(N2CCC3(CC2)Cc2ccccc2[C@H]3N)cnc1-c1cccc(Cl)c1Cl.S. The number of halogens is 10. The van der Waals surface area contributed by atoms with Crippen molar-refractivity contribution >= 4 is 171 Å². The highest BCUT2D eigenvalue weighted by Gasteiger charge is 2.50. The fourth-order valence-corrected chi connectivity index (χ4v) is 21.0. The summed E-state index contributed by atoms with van der Waals surface area (Å²) in [6.45, 7) is 7.55. The topological polar surface area (TPSA) is 333 Å². The van der Waals surface area contributed by atoms with Crippen LogP contribution >= 0.6 is 130 Å². The third-order valence-electron chi connectivity index (χ3n) is 26.2. The fraction of sp³-hybridized carbons (Fsp3) is 0.312. The van der Waals surface area contributed by atoms with Gasteiger partial charge in [-0.1, -0.05) is 250 Å². The van der Waals surface area contributed by atoms with Crippen molar-refractivity contribution in [2.24, 2.45) is 44.6 Å².